The molecule has 1 aromatic rings. The Labute approximate surface area is 173 Å². The fraction of sp³-hybridized carbons (Fsp3) is 0.632. The summed E-state index contributed by atoms with van der Waals surface area (Å²) in [4.78, 5) is 4.63. The SMILES string of the molecule is CCNC(=NCCOCC1CCCO1)NC1CCOc2ccccc21.I. The Kier molecular flexibility index (Phi) is 9.49. The molecule has 2 N–H and O–H groups in total. The molecule has 0 saturated carbocycles. The summed E-state index contributed by atoms with van der Waals surface area (Å²) < 4.78 is 17.0. The number of fused-ring (bicyclic) bond motifs is 1. The number of hydrogen-bond acceptors (Lipinski definition) is 4. The number of guanidine groups is 1. The predicted octanol–water partition coefficient (Wildman–Crippen LogP) is 2.88. The molecule has 2 unspecified atom stereocenters. The monoisotopic (exact) mass is 475 g/mol. The van der Waals surface area contributed by atoms with Crippen LogP contribution in [0.25, 0.3) is 0 Å². The lowest BCUT2D eigenvalue weighted by molar-refractivity contribution is 0.0200. The standard InChI is InChI=1S/C19H29N3O3.HI/c1-2-20-19(21-10-13-23-14-15-6-5-11-24-15)22-17-9-12-25-18-8-4-3-7-16(17)18;/h3-4,7-8,15,17H,2,5-6,9-14H2,1H3,(H2,20,21,22);1H. The first-order chi connectivity index (χ1) is 12.4. The van der Waals surface area contributed by atoms with Crippen molar-refractivity contribution in [2.75, 3.05) is 39.5 Å². The van der Waals surface area contributed by atoms with Gasteiger partial charge in [0.15, 0.2) is 5.96 Å². The molecule has 1 fully saturated rings. The van der Waals surface area contributed by atoms with Crippen molar-refractivity contribution in [1.82, 2.24) is 10.6 Å². The molecule has 0 spiro atoms. The highest BCUT2D eigenvalue weighted by Gasteiger charge is 2.21. The minimum Gasteiger partial charge on any atom is -0.493 e. The average molecular weight is 475 g/mol. The van der Waals surface area contributed by atoms with Gasteiger partial charge in [0.25, 0.3) is 0 Å². The molecule has 0 amide bonds. The van der Waals surface area contributed by atoms with E-state index in [4.69, 9.17) is 14.2 Å². The van der Waals surface area contributed by atoms with Crippen LogP contribution in [0.2, 0.25) is 0 Å². The van der Waals surface area contributed by atoms with E-state index < -0.39 is 0 Å². The van der Waals surface area contributed by atoms with Gasteiger partial charge in [0.1, 0.15) is 5.75 Å². The number of rotatable bonds is 7. The molecule has 0 aliphatic carbocycles. The second-order valence-corrected chi connectivity index (χ2v) is 6.34. The molecule has 2 aliphatic heterocycles. The number of hydrogen-bond donors (Lipinski definition) is 2. The molecule has 2 atom stereocenters. The van der Waals surface area contributed by atoms with Crippen LogP contribution in [0.4, 0.5) is 0 Å². The third-order valence-corrected chi connectivity index (χ3v) is 4.45. The van der Waals surface area contributed by atoms with E-state index in [2.05, 4.69) is 28.6 Å². The minimum atomic E-state index is 0. The van der Waals surface area contributed by atoms with Crippen molar-refractivity contribution in [2.24, 2.45) is 4.99 Å². The lowest BCUT2D eigenvalue weighted by atomic mass is 10.0. The van der Waals surface area contributed by atoms with E-state index in [1.807, 2.05) is 18.2 Å². The maximum absolute atomic E-state index is 5.72. The van der Waals surface area contributed by atoms with Gasteiger partial charge in [-0.25, -0.2) is 0 Å². The largest absolute Gasteiger partial charge is 0.493 e. The number of benzene rings is 1. The van der Waals surface area contributed by atoms with Gasteiger partial charge in [-0.15, -0.1) is 24.0 Å². The summed E-state index contributed by atoms with van der Waals surface area (Å²) in [5.74, 6) is 1.78. The van der Waals surface area contributed by atoms with Crippen molar-refractivity contribution in [1.29, 1.82) is 0 Å². The summed E-state index contributed by atoms with van der Waals surface area (Å²) in [6.45, 7) is 6.41. The zero-order valence-electron chi connectivity index (χ0n) is 15.4. The molecule has 0 aromatic heterocycles. The Hall–Kier alpha value is -1.06. The zero-order valence-corrected chi connectivity index (χ0v) is 17.7. The number of ether oxygens (including phenoxy) is 3. The highest BCUT2D eigenvalue weighted by molar-refractivity contribution is 14.0. The van der Waals surface area contributed by atoms with Crippen molar-refractivity contribution in [3.05, 3.63) is 29.8 Å². The predicted molar refractivity (Wildman–Crippen MR) is 114 cm³/mol. The molecule has 1 aromatic carbocycles. The summed E-state index contributed by atoms with van der Waals surface area (Å²) >= 11 is 0. The third kappa shape index (κ3) is 6.28. The molecule has 0 bridgehead atoms. The van der Waals surface area contributed by atoms with Gasteiger partial charge in [0.05, 0.1) is 38.5 Å². The number of nitrogens with one attached hydrogen (secondary N) is 2. The zero-order chi connectivity index (χ0) is 17.3. The van der Waals surface area contributed by atoms with Crippen molar-refractivity contribution >= 4 is 29.9 Å². The summed E-state index contributed by atoms with van der Waals surface area (Å²) in [5.41, 5.74) is 1.19. The molecule has 0 radical (unpaired) electrons. The summed E-state index contributed by atoms with van der Waals surface area (Å²) in [6.07, 6.45) is 3.45. The van der Waals surface area contributed by atoms with Crippen molar-refractivity contribution in [3.8, 4) is 5.75 Å². The number of nitrogens with zero attached hydrogens (tertiary/aromatic N) is 1. The smallest absolute Gasteiger partial charge is 0.191 e. The third-order valence-electron chi connectivity index (χ3n) is 4.45. The minimum absolute atomic E-state index is 0. The Bertz CT molecular complexity index is 565. The van der Waals surface area contributed by atoms with Gasteiger partial charge in [-0.05, 0) is 25.8 Å². The van der Waals surface area contributed by atoms with E-state index in [0.717, 1.165) is 50.7 Å². The Morgan fingerprint density at radius 2 is 2.15 bits per heavy atom. The highest BCUT2D eigenvalue weighted by Crippen LogP contribution is 2.31. The van der Waals surface area contributed by atoms with E-state index in [-0.39, 0.29) is 36.1 Å². The topological polar surface area (TPSA) is 64.1 Å². The van der Waals surface area contributed by atoms with E-state index in [1.54, 1.807) is 0 Å². The first-order valence-electron chi connectivity index (χ1n) is 9.32. The van der Waals surface area contributed by atoms with E-state index in [0.29, 0.717) is 19.8 Å². The maximum atomic E-state index is 5.72. The van der Waals surface area contributed by atoms with Crippen LogP contribution in [0.15, 0.2) is 29.3 Å². The molecule has 26 heavy (non-hydrogen) atoms. The van der Waals surface area contributed by atoms with Gasteiger partial charge in [-0.1, -0.05) is 18.2 Å². The van der Waals surface area contributed by atoms with Crippen LogP contribution < -0.4 is 15.4 Å². The maximum Gasteiger partial charge on any atom is 0.191 e. The fourth-order valence-corrected chi connectivity index (χ4v) is 3.19. The van der Waals surface area contributed by atoms with Crippen molar-refractivity contribution in [2.45, 2.75) is 38.3 Å². The molecule has 2 heterocycles. The van der Waals surface area contributed by atoms with E-state index in [1.165, 1.54) is 5.56 Å². The van der Waals surface area contributed by atoms with E-state index >= 15 is 0 Å². The average Bonchev–Trinajstić information content (AvgIpc) is 3.15. The lowest BCUT2D eigenvalue weighted by Crippen LogP contribution is -2.41. The van der Waals surface area contributed by atoms with Crippen LogP contribution in [0, 0.1) is 0 Å². The Balaban J connectivity index is 0.00000243. The molecule has 7 heteroatoms. The fourth-order valence-electron chi connectivity index (χ4n) is 3.19. The summed E-state index contributed by atoms with van der Waals surface area (Å²) in [5, 5.41) is 6.83. The van der Waals surface area contributed by atoms with Crippen LogP contribution in [0.3, 0.4) is 0 Å². The van der Waals surface area contributed by atoms with Gasteiger partial charge < -0.3 is 24.8 Å². The van der Waals surface area contributed by atoms with Crippen LogP contribution in [-0.4, -0.2) is 51.6 Å². The van der Waals surface area contributed by atoms with Crippen molar-refractivity contribution in [3.63, 3.8) is 0 Å². The Morgan fingerprint density at radius 3 is 2.96 bits per heavy atom. The number of aliphatic imine (C=N–C) groups is 1. The lowest BCUT2D eigenvalue weighted by Gasteiger charge is -2.28. The first-order valence-corrected chi connectivity index (χ1v) is 9.32. The van der Waals surface area contributed by atoms with Gasteiger partial charge in [0, 0.05) is 25.1 Å². The van der Waals surface area contributed by atoms with Crippen molar-refractivity contribution < 1.29 is 14.2 Å². The Morgan fingerprint density at radius 1 is 1.27 bits per heavy atom. The molecule has 2 aliphatic rings. The summed E-state index contributed by atoms with van der Waals surface area (Å²) in [6, 6.07) is 8.40. The van der Waals surface area contributed by atoms with Gasteiger partial charge >= 0.3 is 0 Å². The number of para-hydroxylation sites is 1. The van der Waals surface area contributed by atoms with Gasteiger partial charge in [-0.2, -0.15) is 0 Å². The second-order valence-electron chi connectivity index (χ2n) is 6.34. The van der Waals surface area contributed by atoms with Gasteiger partial charge in [-0.3, -0.25) is 4.99 Å². The quantitative estimate of drug-likeness (QED) is 0.275. The number of halogens is 1. The summed E-state index contributed by atoms with van der Waals surface area (Å²) in [7, 11) is 0. The van der Waals surface area contributed by atoms with Crippen LogP contribution in [-0.2, 0) is 9.47 Å². The molecule has 3 rings (SSSR count). The van der Waals surface area contributed by atoms with Crippen LogP contribution in [0.1, 0.15) is 37.8 Å². The molecular weight excluding hydrogens is 445 g/mol. The molecular formula is C19H30IN3O3. The second kappa shape index (κ2) is 11.6. The van der Waals surface area contributed by atoms with Gasteiger partial charge in [0.2, 0.25) is 0 Å². The van der Waals surface area contributed by atoms with E-state index in [9.17, 15) is 0 Å². The normalized spacial score (nSPS) is 22.1. The first kappa shape index (κ1) is 21.2. The molecule has 6 nitrogen and oxygen atoms in total. The molecule has 1 saturated heterocycles. The molecule has 146 valence electrons. The highest BCUT2D eigenvalue weighted by atomic mass is 127. The van der Waals surface area contributed by atoms with Crippen LogP contribution in [0.5, 0.6) is 5.75 Å². The van der Waals surface area contributed by atoms with Crippen LogP contribution >= 0.6 is 24.0 Å².